The van der Waals surface area contributed by atoms with Crippen molar-refractivity contribution in [2.75, 3.05) is 7.11 Å². The first-order chi connectivity index (χ1) is 10.5. The van der Waals surface area contributed by atoms with E-state index in [9.17, 15) is 14.9 Å². The fraction of sp³-hybridized carbons (Fsp3) is 0.353. The molecule has 0 radical (unpaired) electrons. The first kappa shape index (κ1) is 16.3. The van der Waals surface area contributed by atoms with E-state index in [1.807, 2.05) is 0 Å². The second-order valence-corrected chi connectivity index (χ2v) is 5.86. The molecule has 1 aliphatic rings. The molecule has 0 aliphatic heterocycles. The lowest BCUT2D eigenvalue weighted by molar-refractivity contribution is -0.150. The molecule has 22 heavy (non-hydrogen) atoms. The van der Waals surface area contributed by atoms with Gasteiger partial charge < -0.3 is 9.53 Å². The van der Waals surface area contributed by atoms with Crippen LogP contribution in [0.4, 0.5) is 0 Å². The first-order valence-electron chi connectivity index (χ1n) is 6.87. The van der Waals surface area contributed by atoms with Gasteiger partial charge in [-0.25, -0.2) is 0 Å². The average molecular weight is 318 g/mol. The molecule has 0 aromatic heterocycles. The second-order valence-electron chi connectivity index (χ2n) is 5.42. The normalized spacial score (nSPS) is 30.3. The Bertz CT molecular complexity index is 652. The van der Waals surface area contributed by atoms with Crippen LogP contribution in [0, 0.1) is 28.6 Å². The van der Waals surface area contributed by atoms with Gasteiger partial charge in [0.25, 0.3) is 0 Å². The van der Waals surface area contributed by atoms with Crippen molar-refractivity contribution in [1.29, 1.82) is 5.26 Å². The topological polar surface area (TPSA) is 67.2 Å². The van der Waals surface area contributed by atoms with Gasteiger partial charge in [0, 0.05) is 16.9 Å². The van der Waals surface area contributed by atoms with E-state index >= 15 is 0 Å². The van der Waals surface area contributed by atoms with Gasteiger partial charge in [-0.15, -0.1) is 6.58 Å². The van der Waals surface area contributed by atoms with E-state index in [1.165, 1.54) is 7.11 Å². The van der Waals surface area contributed by atoms with E-state index in [-0.39, 0.29) is 12.3 Å². The van der Waals surface area contributed by atoms with Gasteiger partial charge in [0.05, 0.1) is 13.2 Å². The van der Waals surface area contributed by atoms with Gasteiger partial charge in [-0.1, -0.05) is 29.8 Å². The standard InChI is InChI=1S/C17H16ClNO3/c1-3-11-8-17(10-19,16(21)22-2)15(14(11)9-20)12-5-4-6-13(18)7-12/h3-7,9,11,14-15H,1,8H2,2H3/t11-,14-,15+,17-/m0/s1. The fourth-order valence-electron chi connectivity index (χ4n) is 3.39. The smallest absolute Gasteiger partial charge is 0.326 e. The predicted octanol–water partition coefficient (Wildman–Crippen LogP) is 3.13. The molecule has 114 valence electrons. The highest BCUT2D eigenvalue weighted by Crippen LogP contribution is 2.55. The molecule has 0 saturated heterocycles. The van der Waals surface area contributed by atoms with Crippen molar-refractivity contribution in [3.05, 3.63) is 47.5 Å². The molecule has 1 fully saturated rings. The number of hydrogen-bond donors (Lipinski definition) is 0. The van der Waals surface area contributed by atoms with Crippen LogP contribution in [-0.4, -0.2) is 19.4 Å². The molecule has 0 amide bonds. The number of allylic oxidation sites excluding steroid dienone is 1. The lowest BCUT2D eigenvalue weighted by Crippen LogP contribution is -2.35. The maximum Gasteiger partial charge on any atom is 0.326 e. The molecular weight excluding hydrogens is 302 g/mol. The summed E-state index contributed by atoms with van der Waals surface area (Å²) in [7, 11) is 1.24. The maximum absolute atomic E-state index is 12.3. The van der Waals surface area contributed by atoms with Crippen molar-refractivity contribution in [3.63, 3.8) is 0 Å². The van der Waals surface area contributed by atoms with E-state index in [4.69, 9.17) is 16.3 Å². The van der Waals surface area contributed by atoms with Crippen molar-refractivity contribution in [1.82, 2.24) is 0 Å². The van der Waals surface area contributed by atoms with Crippen LogP contribution in [0.15, 0.2) is 36.9 Å². The number of halogens is 1. The number of aldehydes is 1. The number of nitriles is 1. The zero-order chi connectivity index (χ0) is 16.3. The highest BCUT2D eigenvalue weighted by Gasteiger charge is 2.59. The van der Waals surface area contributed by atoms with Gasteiger partial charge in [-0.2, -0.15) is 5.26 Å². The molecule has 4 atom stereocenters. The monoisotopic (exact) mass is 317 g/mol. The number of rotatable bonds is 4. The Labute approximate surface area is 134 Å². The zero-order valence-electron chi connectivity index (χ0n) is 12.2. The van der Waals surface area contributed by atoms with Crippen LogP contribution in [0.25, 0.3) is 0 Å². The first-order valence-corrected chi connectivity index (χ1v) is 7.24. The van der Waals surface area contributed by atoms with Crippen molar-refractivity contribution >= 4 is 23.9 Å². The van der Waals surface area contributed by atoms with E-state index < -0.39 is 23.2 Å². The van der Waals surface area contributed by atoms with E-state index in [0.29, 0.717) is 10.6 Å². The van der Waals surface area contributed by atoms with Crippen LogP contribution in [0.2, 0.25) is 5.02 Å². The van der Waals surface area contributed by atoms with Crippen molar-refractivity contribution < 1.29 is 14.3 Å². The van der Waals surface area contributed by atoms with Crippen LogP contribution in [0.3, 0.4) is 0 Å². The molecule has 2 rings (SSSR count). The highest BCUT2D eigenvalue weighted by atomic mass is 35.5. The molecular formula is C17H16ClNO3. The molecule has 0 N–H and O–H groups in total. The highest BCUT2D eigenvalue weighted by molar-refractivity contribution is 6.30. The van der Waals surface area contributed by atoms with Crippen molar-refractivity contribution in [2.45, 2.75) is 12.3 Å². The van der Waals surface area contributed by atoms with Crippen molar-refractivity contribution in [2.24, 2.45) is 17.3 Å². The summed E-state index contributed by atoms with van der Waals surface area (Å²) in [6, 6.07) is 8.99. The molecule has 0 heterocycles. The minimum Gasteiger partial charge on any atom is -0.468 e. The Morgan fingerprint density at radius 1 is 1.59 bits per heavy atom. The van der Waals surface area contributed by atoms with Gasteiger partial charge >= 0.3 is 5.97 Å². The Balaban J connectivity index is 2.65. The summed E-state index contributed by atoms with van der Waals surface area (Å²) >= 11 is 6.03. The quantitative estimate of drug-likeness (QED) is 0.486. The van der Waals surface area contributed by atoms with Crippen LogP contribution in [0.5, 0.6) is 0 Å². The minimum atomic E-state index is -1.41. The number of ether oxygens (including phenoxy) is 1. The predicted molar refractivity (Wildman–Crippen MR) is 82.1 cm³/mol. The molecule has 1 aliphatic carbocycles. The number of hydrogen-bond acceptors (Lipinski definition) is 4. The Morgan fingerprint density at radius 2 is 2.32 bits per heavy atom. The zero-order valence-corrected chi connectivity index (χ0v) is 12.9. The van der Waals surface area contributed by atoms with Crippen LogP contribution in [0.1, 0.15) is 17.9 Å². The molecule has 0 unspecified atom stereocenters. The molecule has 1 saturated carbocycles. The number of carbonyl (C=O) groups excluding carboxylic acids is 2. The number of nitrogens with zero attached hydrogens (tertiary/aromatic N) is 1. The number of esters is 1. The third kappa shape index (κ3) is 2.42. The number of benzene rings is 1. The van der Waals surface area contributed by atoms with E-state index in [1.54, 1.807) is 30.3 Å². The Hall–Kier alpha value is -2.12. The number of methoxy groups -OCH3 is 1. The van der Waals surface area contributed by atoms with Crippen LogP contribution >= 0.6 is 11.6 Å². The van der Waals surface area contributed by atoms with Crippen molar-refractivity contribution in [3.8, 4) is 6.07 Å². The Kier molecular flexibility index (Phi) is 4.68. The molecule has 0 spiro atoms. The summed E-state index contributed by atoms with van der Waals surface area (Å²) in [5, 5.41) is 10.2. The van der Waals surface area contributed by atoms with Crippen LogP contribution < -0.4 is 0 Å². The van der Waals surface area contributed by atoms with Gasteiger partial charge in [-0.05, 0) is 30.0 Å². The average Bonchev–Trinajstić information content (AvgIpc) is 2.88. The molecule has 1 aromatic rings. The minimum absolute atomic E-state index is 0.209. The largest absolute Gasteiger partial charge is 0.468 e. The summed E-state index contributed by atoms with van der Waals surface area (Å²) in [5.41, 5.74) is -0.731. The van der Waals surface area contributed by atoms with Gasteiger partial charge in [-0.3, -0.25) is 4.79 Å². The molecule has 4 nitrogen and oxygen atoms in total. The summed E-state index contributed by atoms with van der Waals surface area (Å²) in [4.78, 5) is 23.9. The van der Waals surface area contributed by atoms with Gasteiger partial charge in [0.1, 0.15) is 6.29 Å². The Morgan fingerprint density at radius 3 is 2.82 bits per heavy atom. The summed E-state index contributed by atoms with van der Waals surface area (Å²) in [6.07, 6.45) is 2.62. The van der Waals surface area contributed by atoms with Gasteiger partial charge in [0.15, 0.2) is 5.41 Å². The molecule has 1 aromatic carbocycles. The van der Waals surface area contributed by atoms with E-state index in [0.717, 1.165) is 6.29 Å². The van der Waals surface area contributed by atoms with Gasteiger partial charge in [0.2, 0.25) is 0 Å². The number of carbonyl (C=O) groups is 2. The van der Waals surface area contributed by atoms with E-state index in [2.05, 4.69) is 12.6 Å². The SMILES string of the molecule is C=C[C@H]1C[C@@](C#N)(C(=O)OC)[C@H](c2cccc(Cl)c2)[C@H]1C=O. The summed E-state index contributed by atoms with van der Waals surface area (Å²) < 4.78 is 4.85. The maximum atomic E-state index is 12.3. The third-order valence-electron chi connectivity index (χ3n) is 4.38. The lowest BCUT2D eigenvalue weighted by Gasteiger charge is -2.28. The molecule has 0 bridgehead atoms. The molecule has 5 heteroatoms. The fourth-order valence-corrected chi connectivity index (χ4v) is 3.59. The lowest BCUT2D eigenvalue weighted by atomic mass is 9.73. The van der Waals surface area contributed by atoms with Crippen LogP contribution in [-0.2, 0) is 14.3 Å². The third-order valence-corrected chi connectivity index (χ3v) is 4.62. The summed E-state index contributed by atoms with van der Waals surface area (Å²) in [6.45, 7) is 3.73. The second kappa shape index (κ2) is 6.33. The summed E-state index contributed by atoms with van der Waals surface area (Å²) in [5.74, 6) is -2.02.